The number of nitrogens with one attached hydrogen (secondary N) is 1. The summed E-state index contributed by atoms with van der Waals surface area (Å²) >= 11 is 0. The molecule has 0 aliphatic carbocycles. The third-order valence-corrected chi connectivity index (χ3v) is 2.25. The highest BCUT2D eigenvalue weighted by Crippen LogP contribution is 2.24. The van der Waals surface area contributed by atoms with Crippen LogP contribution in [0.2, 0.25) is 0 Å². The van der Waals surface area contributed by atoms with E-state index < -0.39 is 11.9 Å². The highest BCUT2D eigenvalue weighted by atomic mass is 16.4. The topological polar surface area (TPSA) is 66.4 Å². The Morgan fingerprint density at radius 2 is 2.00 bits per heavy atom. The Bertz CT molecular complexity index is 310. The Morgan fingerprint density at radius 1 is 1.41 bits per heavy atom. The standard InChI is InChI=1S/C13H21NO3/c1-5-6-7-11(15)14-9-10(12(16)17)8-13(2,3)4/h1,10H,6-9H2,2-4H3,(H,14,15)(H,16,17). The minimum atomic E-state index is -0.878. The minimum Gasteiger partial charge on any atom is -0.481 e. The Hall–Kier alpha value is -1.50. The molecule has 0 saturated heterocycles. The largest absolute Gasteiger partial charge is 0.481 e. The van der Waals surface area contributed by atoms with Crippen molar-refractivity contribution < 1.29 is 14.7 Å². The minimum absolute atomic E-state index is 0.0768. The second kappa shape index (κ2) is 6.95. The van der Waals surface area contributed by atoms with Crippen LogP contribution in [0.5, 0.6) is 0 Å². The van der Waals surface area contributed by atoms with Gasteiger partial charge in [0.05, 0.1) is 5.92 Å². The summed E-state index contributed by atoms with van der Waals surface area (Å²) < 4.78 is 0. The fraction of sp³-hybridized carbons (Fsp3) is 0.692. The molecule has 4 nitrogen and oxygen atoms in total. The lowest BCUT2D eigenvalue weighted by atomic mass is 9.84. The molecule has 1 unspecified atom stereocenters. The lowest BCUT2D eigenvalue weighted by Crippen LogP contribution is -2.34. The van der Waals surface area contributed by atoms with Crippen LogP contribution >= 0.6 is 0 Å². The number of carboxylic acid groups (broad SMARTS) is 1. The second-order valence-electron chi connectivity index (χ2n) is 5.31. The molecule has 0 fully saturated rings. The molecule has 17 heavy (non-hydrogen) atoms. The summed E-state index contributed by atoms with van der Waals surface area (Å²) in [6.07, 6.45) is 6.19. The third-order valence-electron chi connectivity index (χ3n) is 2.25. The maximum Gasteiger partial charge on any atom is 0.308 e. The fourth-order valence-corrected chi connectivity index (χ4v) is 1.50. The van der Waals surface area contributed by atoms with Gasteiger partial charge in [0.2, 0.25) is 5.91 Å². The van der Waals surface area contributed by atoms with Gasteiger partial charge < -0.3 is 10.4 Å². The summed E-state index contributed by atoms with van der Waals surface area (Å²) in [5.41, 5.74) is -0.0768. The molecule has 0 aromatic heterocycles. The van der Waals surface area contributed by atoms with E-state index in [0.717, 1.165) is 0 Å². The summed E-state index contributed by atoms with van der Waals surface area (Å²) in [4.78, 5) is 22.3. The molecule has 4 heteroatoms. The van der Waals surface area contributed by atoms with Crippen molar-refractivity contribution in [2.45, 2.75) is 40.0 Å². The SMILES string of the molecule is C#CCCC(=O)NCC(CC(C)(C)C)C(=O)O. The van der Waals surface area contributed by atoms with Crippen molar-refractivity contribution in [3.8, 4) is 12.3 Å². The van der Waals surface area contributed by atoms with Crippen molar-refractivity contribution >= 4 is 11.9 Å². The first kappa shape index (κ1) is 15.5. The quantitative estimate of drug-likeness (QED) is 0.693. The van der Waals surface area contributed by atoms with Gasteiger partial charge in [0.15, 0.2) is 0 Å². The Morgan fingerprint density at radius 3 is 2.41 bits per heavy atom. The monoisotopic (exact) mass is 239 g/mol. The zero-order chi connectivity index (χ0) is 13.5. The number of hydrogen-bond acceptors (Lipinski definition) is 2. The number of carboxylic acids is 1. The average Bonchev–Trinajstić information content (AvgIpc) is 2.19. The van der Waals surface area contributed by atoms with Gasteiger partial charge in [-0.3, -0.25) is 9.59 Å². The van der Waals surface area contributed by atoms with Crippen molar-refractivity contribution in [2.24, 2.45) is 11.3 Å². The molecule has 1 atom stereocenters. The Balaban J connectivity index is 4.16. The first-order valence-electron chi connectivity index (χ1n) is 5.69. The number of hydrogen-bond donors (Lipinski definition) is 2. The van der Waals surface area contributed by atoms with Crippen LogP contribution in [0.15, 0.2) is 0 Å². The van der Waals surface area contributed by atoms with Crippen molar-refractivity contribution in [1.29, 1.82) is 0 Å². The molecule has 0 rings (SSSR count). The number of carbonyl (C=O) groups excluding carboxylic acids is 1. The van der Waals surface area contributed by atoms with E-state index in [1.54, 1.807) is 0 Å². The highest BCUT2D eigenvalue weighted by Gasteiger charge is 2.24. The van der Waals surface area contributed by atoms with E-state index in [2.05, 4.69) is 11.2 Å². The third kappa shape index (κ3) is 8.32. The summed E-state index contributed by atoms with van der Waals surface area (Å²) in [6, 6.07) is 0. The maximum atomic E-state index is 11.3. The van der Waals surface area contributed by atoms with Gasteiger partial charge in [0.25, 0.3) is 0 Å². The van der Waals surface area contributed by atoms with Crippen LogP contribution in [0.4, 0.5) is 0 Å². The molecule has 0 aliphatic heterocycles. The van der Waals surface area contributed by atoms with Crippen LogP contribution in [-0.2, 0) is 9.59 Å². The lowest BCUT2D eigenvalue weighted by Gasteiger charge is -2.23. The van der Waals surface area contributed by atoms with E-state index in [1.807, 2.05) is 20.8 Å². The number of rotatable bonds is 6. The van der Waals surface area contributed by atoms with Crippen LogP contribution < -0.4 is 5.32 Å². The number of amides is 1. The second-order valence-corrected chi connectivity index (χ2v) is 5.31. The molecule has 0 aromatic carbocycles. The van der Waals surface area contributed by atoms with E-state index in [0.29, 0.717) is 12.8 Å². The molecule has 0 bridgehead atoms. The van der Waals surface area contributed by atoms with Gasteiger partial charge in [-0.05, 0) is 11.8 Å². The number of carbonyl (C=O) groups is 2. The first-order chi connectivity index (χ1) is 7.76. The molecular weight excluding hydrogens is 218 g/mol. The Kier molecular flexibility index (Phi) is 6.34. The summed E-state index contributed by atoms with van der Waals surface area (Å²) in [6.45, 7) is 6.09. The van der Waals surface area contributed by atoms with Gasteiger partial charge in [0.1, 0.15) is 0 Å². The predicted molar refractivity (Wildman–Crippen MR) is 66.3 cm³/mol. The molecule has 0 aliphatic rings. The highest BCUT2D eigenvalue weighted by molar-refractivity contribution is 5.77. The fourth-order valence-electron chi connectivity index (χ4n) is 1.50. The number of aliphatic carboxylic acids is 1. The summed E-state index contributed by atoms with van der Waals surface area (Å²) in [7, 11) is 0. The molecule has 0 radical (unpaired) electrons. The Labute approximate surface area is 103 Å². The lowest BCUT2D eigenvalue weighted by molar-refractivity contribution is -0.142. The smallest absolute Gasteiger partial charge is 0.308 e. The maximum absolute atomic E-state index is 11.3. The van der Waals surface area contributed by atoms with Crippen molar-refractivity contribution in [3.63, 3.8) is 0 Å². The van der Waals surface area contributed by atoms with Gasteiger partial charge in [-0.25, -0.2) is 0 Å². The van der Waals surface area contributed by atoms with Gasteiger partial charge in [-0.1, -0.05) is 20.8 Å². The summed E-state index contributed by atoms with van der Waals surface area (Å²) in [5, 5.41) is 11.6. The van der Waals surface area contributed by atoms with Crippen LogP contribution in [0, 0.1) is 23.7 Å². The zero-order valence-corrected chi connectivity index (χ0v) is 10.7. The first-order valence-corrected chi connectivity index (χ1v) is 5.69. The van der Waals surface area contributed by atoms with Crippen molar-refractivity contribution in [3.05, 3.63) is 0 Å². The molecule has 2 N–H and O–H groups in total. The predicted octanol–water partition coefficient (Wildman–Crippen LogP) is 1.65. The molecular formula is C13H21NO3. The van der Waals surface area contributed by atoms with Gasteiger partial charge >= 0.3 is 5.97 Å². The molecule has 0 spiro atoms. The molecule has 96 valence electrons. The zero-order valence-electron chi connectivity index (χ0n) is 10.7. The van der Waals surface area contributed by atoms with Crippen LogP contribution in [0.25, 0.3) is 0 Å². The van der Waals surface area contributed by atoms with E-state index in [-0.39, 0.29) is 24.3 Å². The number of terminal acetylenes is 1. The van der Waals surface area contributed by atoms with Crippen molar-refractivity contribution in [2.75, 3.05) is 6.54 Å². The van der Waals surface area contributed by atoms with Gasteiger partial charge in [0, 0.05) is 19.4 Å². The molecule has 0 heterocycles. The van der Waals surface area contributed by atoms with E-state index in [4.69, 9.17) is 11.5 Å². The van der Waals surface area contributed by atoms with Crippen LogP contribution in [0.1, 0.15) is 40.0 Å². The average molecular weight is 239 g/mol. The molecule has 0 aromatic rings. The van der Waals surface area contributed by atoms with Crippen LogP contribution in [-0.4, -0.2) is 23.5 Å². The molecule has 0 saturated carbocycles. The van der Waals surface area contributed by atoms with Crippen molar-refractivity contribution in [1.82, 2.24) is 5.32 Å². The normalized spacial score (nSPS) is 12.6. The van der Waals surface area contributed by atoms with E-state index in [1.165, 1.54) is 0 Å². The van der Waals surface area contributed by atoms with E-state index in [9.17, 15) is 9.59 Å². The summed E-state index contributed by atoms with van der Waals surface area (Å²) in [5.74, 6) is 0.750. The molecule has 1 amide bonds. The van der Waals surface area contributed by atoms with Gasteiger partial charge in [-0.15, -0.1) is 12.3 Å². The van der Waals surface area contributed by atoms with Gasteiger partial charge in [-0.2, -0.15) is 0 Å². The van der Waals surface area contributed by atoms with Crippen LogP contribution in [0.3, 0.4) is 0 Å². The van der Waals surface area contributed by atoms with E-state index >= 15 is 0 Å².